The predicted octanol–water partition coefficient (Wildman–Crippen LogP) is 4.61. The largest absolute Gasteiger partial charge is 0.357 e. The molecule has 0 spiro atoms. The highest BCUT2D eigenvalue weighted by Gasteiger charge is 2.28. The minimum Gasteiger partial charge on any atom is -0.357 e. The summed E-state index contributed by atoms with van der Waals surface area (Å²) < 4.78 is 5.33. The first-order valence-corrected chi connectivity index (χ1v) is 11.0. The molecule has 32 heavy (non-hydrogen) atoms. The second-order valence-corrected chi connectivity index (χ2v) is 7.46. The van der Waals surface area contributed by atoms with Crippen LogP contribution in [0.25, 0.3) is 11.6 Å². The van der Waals surface area contributed by atoms with Gasteiger partial charge >= 0.3 is 0 Å². The quantitative estimate of drug-likeness (QED) is 0.219. The standard InChI is InChI=1S/C24H32N6O.HI/c1-4-24(5-2,19-12-8-7-9-13-19)18-28-23(25-6-3)27-17-15-21-29-22(31-30-21)20-14-10-11-16-26-20;/h7-14,16H,4-6,15,17-18H2,1-3H3,(H2,25,27,28);1H. The normalized spacial score (nSPS) is 11.7. The van der Waals surface area contributed by atoms with Crippen molar-refractivity contribution in [1.82, 2.24) is 25.8 Å². The van der Waals surface area contributed by atoms with Crippen LogP contribution in [0.4, 0.5) is 0 Å². The van der Waals surface area contributed by atoms with Crippen molar-refractivity contribution in [1.29, 1.82) is 0 Å². The van der Waals surface area contributed by atoms with Crippen molar-refractivity contribution >= 4 is 29.9 Å². The Morgan fingerprint density at radius 3 is 2.41 bits per heavy atom. The number of hydrogen-bond donors (Lipinski definition) is 2. The molecule has 0 saturated carbocycles. The smallest absolute Gasteiger partial charge is 0.276 e. The molecule has 8 heteroatoms. The van der Waals surface area contributed by atoms with Gasteiger partial charge in [-0.1, -0.05) is 55.4 Å². The van der Waals surface area contributed by atoms with E-state index in [1.807, 2.05) is 18.2 Å². The minimum atomic E-state index is 0. The van der Waals surface area contributed by atoms with Gasteiger partial charge in [0.15, 0.2) is 11.8 Å². The van der Waals surface area contributed by atoms with Gasteiger partial charge in [0.2, 0.25) is 0 Å². The first-order chi connectivity index (χ1) is 15.2. The molecule has 172 valence electrons. The van der Waals surface area contributed by atoms with Gasteiger partial charge in [-0.05, 0) is 37.5 Å². The number of aromatic nitrogens is 3. The summed E-state index contributed by atoms with van der Waals surface area (Å²) in [5.74, 6) is 1.89. The second kappa shape index (κ2) is 13.1. The minimum absolute atomic E-state index is 0. The van der Waals surface area contributed by atoms with Gasteiger partial charge in [0, 0.05) is 31.1 Å². The number of guanidine groups is 1. The molecule has 2 aromatic heterocycles. The lowest BCUT2D eigenvalue weighted by Crippen LogP contribution is -2.40. The maximum Gasteiger partial charge on any atom is 0.276 e. The first-order valence-electron chi connectivity index (χ1n) is 11.0. The lowest BCUT2D eigenvalue weighted by atomic mass is 9.76. The molecule has 0 aliphatic heterocycles. The van der Waals surface area contributed by atoms with Crippen LogP contribution >= 0.6 is 24.0 Å². The van der Waals surface area contributed by atoms with Gasteiger partial charge in [-0.3, -0.25) is 9.98 Å². The van der Waals surface area contributed by atoms with Gasteiger partial charge in [-0.2, -0.15) is 4.98 Å². The second-order valence-electron chi connectivity index (χ2n) is 7.46. The third kappa shape index (κ3) is 6.75. The van der Waals surface area contributed by atoms with E-state index in [0.29, 0.717) is 30.4 Å². The zero-order valence-electron chi connectivity index (χ0n) is 19.0. The maximum absolute atomic E-state index is 5.33. The lowest BCUT2D eigenvalue weighted by molar-refractivity contribution is 0.406. The summed E-state index contributed by atoms with van der Waals surface area (Å²) in [5.41, 5.74) is 2.06. The summed E-state index contributed by atoms with van der Waals surface area (Å²) in [4.78, 5) is 13.6. The molecule has 0 aliphatic carbocycles. The van der Waals surface area contributed by atoms with Crippen LogP contribution < -0.4 is 10.6 Å². The molecule has 0 atom stereocenters. The van der Waals surface area contributed by atoms with Crippen molar-refractivity contribution in [3.05, 3.63) is 66.1 Å². The van der Waals surface area contributed by atoms with Crippen molar-refractivity contribution in [3.8, 4) is 11.6 Å². The van der Waals surface area contributed by atoms with Crippen molar-refractivity contribution in [2.45, 2.75) is 45.4 Å². The van der Waals surface area contributed by atoms with Crippen molar-refractivity contribution in [2.75, 3.05) is 19.6 Å². The van der Waals surface area contributed by atoms with E-state index < -0.39 is 0 Å². The van der Waals surface area contributed by atoms with Crippen LogP contribution in [0.2, 0.25) is 0 Å². The van der Waals surface area contributed by atoms with E-state index in [2.05, 4.69) is 76.9 Å². The third-order valence-electron chi connectivity index (χ3n) is 5.62. The molecule has 0 saturated heterocycles. The van der Waals surface area contributed by atoms with Crippen LogP contribution in [-0.4, -0.2) is 40.7 Å². The van der Waals surface area contributed by atoms with Gasteiger partial charge in [-0.25, -0.2) is 0 Å². The van der Waals surface area contributed by atoms with E-state index in [0.717, 1.165) is 31.9 Å². The Morgan fingerprint density at radius 1 is 1.00 bits per heavy atom. The Kier molecular flexibility index (Phi) is 10.6. The van der Waals surface area contributed by atoms with Crippen LogP contribution in [0.15, 0.2) is 64.2 Å². The van der Waals surface area contributed by atoms with Crippen LogP contribution in [-0.2, 0) is 11.8 Å². The Balaban J connectivity index is 0.00000363. The fraction of sp³-hybridized carbons (Fsp3) is 0.417. The molecule has 1 aromatic carbocycles. The molecule has 0 aliphatic rings. The average Bonchev–Trinajstić information content (AvgIpc) is 3.30. The van der Waals surface area contributed by atoms with Gasteiger partial charge in [0.1, 0.15) is 5.69 Å². The first kappa shape index (κ1) is 25.8. The van der Waals surface area contributed by atoms with Crippen LogP contribution in [0.5, 0.6) is 0 Å². The number of rotatable bonds is 10. The van der Waals surface area contributed by atoms with E-state index in [9.17, 15) is 0 Å². The molecular weight excluding hydrogens is 515 g/mol. The number of nitrogens with zero attached hydrogens (tertiary/aromatic N) is 4. The molecule has 0 amide bonds. The number of benzene rings is 1. The van der Waals surface area contributed by atoms with Crippen molar-refractivity contribution in [3.63, 3.8) is 0 Å². The Morgan fingerprint density at radius 2 is 1.75 bits per heavy atom. The number of aliphatic imine (C=N–C) groups is 1. The highest BCUT2D eigenvalue weighted by atomic mass is 127. The number of halogens is 1. The van der Waals surface area contributed by atoms with Crippen molar-refractivity contribution in [2.24, 2.45) is 4.99 Å². The zero-order valence-corrected chi connectivity index (χ0v) is 21.4. The van der Waals surface area contributed by atoms with Gasteiger partial charge in [-0.15, -0.1) is 24.0 Å². The third-order valence-corrected chi connectivity index (χ3v) is 5.62. The highest BCUT2D eigenvalue weighted by Crippen LogP contribution is 2.31. The molecule has 3 rings (SSSR count). The van der Waals surface area contributed by atoms with E-state index in [4.69, 9.17) is 9.52 Å². The SMILES string of the molecule is CCNC(=NCC(CC)(CC)c1ccccc1)NCCc1noc(-c2ccccn2)n1.I. The van der Waals surface area contributed by atoms with E-state index in [-0.39, 0.29) is 29.4 Å². The number of pyridine rings is 1. The topological polar surface area (TPSA) is 88.2 Å². The number of nitrogens with one attached hydrogen (secondary N) is 2. The fourth-order valence-corrected chi connectivity index (χ4v) is 3.58. The Labute approximate surface area is 207 Å². The molecular formula is C24H33IN6O. The van der Waals surface area contributed by atoms with Crippen LogP contribution in [0.1, 0.15) is 45.0 Å². The molecule has 7 nitrogen and oxygen atoms in total. The molecule has 0 fully saturated rings. The summed E-state index contributed by atoms with van der Waals surface area (Å²) in [6.07, 6.45) is 4.42. The van der Waals surface area contributed by atoms with Crippen LogP contribution in [0, 0.1) is 0 Å². The lowest BCUT2D eigenvalue weighted by Gasteiger charge is -2.31. The molecule has 3 aromatic rings. The fourth-order valence-electron chi connectivity index (χ4n) is 3.58. The summed E-state index contributed by atoms with van der Waals surface area (Å²) in [7, 11) is 0. The summed E-state index contributed by atoms with van der Waals surface area (Å²) in [6.45, 7) is 8.73. The molecule has 2 N–H and O–H groups in total. The highest BCUT2D eigenvalue weighted by molar-refractivity contribution is 14.0. The predicted molar refractivity (Wildman–Crippen MR) is 139 cm³/mol. The molecule has 0 radical (unpaired) electrons. The van der Waals surface area contributed by atoms with Gasteiger partial charge in [0.05, 0.1) is 6.54 Å². The monoisotopic (exact) mass is 548 g/mol. The Hall–Kier alpha value is -2.49. The molecule has 0 unspecified atom stereocenters. The van der Waals surface area contributed by atoms with E-state index in [1.165, 1.54) is 5.56 Å². The van der Waals surface area contributed by atoms with Crippen LogP contribution in [0.3, 0.4) is 0 Å². The molecule has 2 heterocycles. The van der Waals surface area contributed by atoms with E-state index in [1.54, 1.807) is 6.20 Å². The summed E-state index contributed by atoms with van der Waals surface area (Å²) in [5, 5.41) is 10.8. The zero-order chi connectivity index (χ0) is 21.9. The molecule has 0 bridgehead atoms. The van der Waals surface area contributed by atoms with Crippen molar-refractivity contribution < 1.29 is 4.52 Å². The van der Waals surface area contributed by atoms with E-state index >= 15 is 0 Å². The van der Waals surface area contributed by atoms with Gasteiger partial charge in [0.25, 0.3) is 5.89 Å². The van der Waals surface area contributed by atoms with Gasteiger partial charge < -0.3 is 15.2 Å². The maximum atomic E-state index is 5.33. The average molecular weight is 548 g/mol. The summed E-state index contributed by atoms with van der Waals surface area (Å²) in [6, 6.07) is 16.3. The number of hydrogen-bond acceptors (Lipinski definition) is 5. The summed E-state index contributed by atoms with van der Waals surface area (Å²) >= 11 is 0. The Bertz CT molecular complexity index is 941.